The van der Waals surface area contributed by atoms with Crippen LogP contribution in [-0.2, 0) is 25.4 Å². The third kappa shape index (κ3) is 5.40. The van der Waals surface area contributed by atoms with Crippen molar-refractivity contribution in [2.45, 2.75) is 25.4 Å². The Bertz CT molecular complexity index is 1750. The van der Waals surface area contributed by atoms with E-state index in [2.05, 4.69) is 15.4 Å². The summed E-state index contributed by atoms with van der Waals surface area (Å²) < 4.78 is 81.3. The van der Waals surface area contributed by atoms with Crippen molar-refractivity contribution in [1.82, 2.24) is 24.6 Å². The summed E-state index contributed by atoms with van der Waals surface area (Å²) >= 11 is 0. The highest BCUT2D eigenvalue weighted by Crippen LogP contribution is 2.36. The molecule has 2 aromatic heterocycles. The van der Waals surface area contributed by atoms with Gasteiger partial charge in [0, 0.05) is 12.1 Å². The Labute approximate surface area is 221 Å². The van der Waals surface area contributed by atoms with Gasteiger partial charge in [0.1, 0.15) is 11.7 Å². The van der Waals surface area contributed by atoms with E-state index in [4.69, 9.17) is 0 Å². The van der Waals surface area contributed by atoms with Gasteiger partial charge in [-0.05, 0) is 34.5 Å². The first-order valence-corrected chi connectivity index (χ1v) is 11.9. The van der Waals surface area contributed by atoms with Gasteiger partial charge in [0.2, 0.25) is 0 Å². The van der Waals surface area contributed by atoms with Crippen molar-refractivity contribution in [3.05, 3.63) is 106 Å². The molecule has 0 aliphatic rings. The van der Waals surface area contributed by atoms with Gasteiger partial charge in [-0.25, -0.2) is 9.67 Å². The Hall–Kier alpha value is -4.68. The number of hydrogen-bond acceptors (Lipinski definition) is 4. The highest BCUT2D eigenvalue weighted by atomic mass is 19.4. The van der Waals surface area contributed by atoms with Crippen molar-refractivity contribution in [2.24, 2.45) is 0 Å². The van der Waals surface area contributed by atoms with E-state index >= 15 is 0 Å². The van der Waals surface area contributed by atoms with E-state index in [-0.39, 0.29) is 42.3 Å². The molecule has 0 spiro atoms. The third-order valence-electron chi connectivity index (χ3n) is 6.30. The molecule has 2 heterocycles. The molecule has 0 fully saturated rings. The van der Waals surface area contributed by atoms with E-state index in [0.717, 1.165) is 16.3 Å². The molecule has 0 aliphatic heterocycles. The third-order valence-corrected chi connectivity index (χ3v) is 6.30. The van der Waals surface area contributed by atoms with Gasteiger partial charge in [-0.1, -0.05) is 42.5 Å². The number of nitrogens with one attached hydrogen (secondary N) is 1. The monoisotopic (exact) mass is 559 g/mol. The number of rotatable bonds is 6. The minimum atomic E-state index is -5.07. The van der Waals surface area contributed by atoms with E-state index in [1.807, 2.05) is 42.5 Å². The van der Waals surface area contributed by atoms with Crippen molar-refractivity contribution >= 4 is 27.7 Å². The SMILES string of the molecule is O=C(NCCn1ncc2c(=O)n(Cc3cccc4ccccc34)cnc21)c1cc(C(F)(F)F)cc(C(F)(F)F)c1. The lowest BCUT2D eigenvalue weighted by atomic mass is 10.0. The summed E-state index contributed by atoms with van der Waals surface area (Å²) in [4.78, 5) is 29.8. The summed E-state index contributed by atoms with van der Waals surface area (Å²) in [5.74, 6) is -1.13. The first kappa shape index (κ1) is 26.9. The first-order valence-electron chi connectivity index (χ1n) is 11.9. The van der Waals surface area contributed by atoms with Gasteiger partial charge in [-0.2, -0.15) is 31.4 Å². The number of amides is 1. The second kappa shape index (κ2) is 10.1. The van der Waals surface area contributed by atoms with E-state index in [9.17, 15) is 35.9 Å². The molecular weight excluding hydrogens is 540 g/mol. The van der Waals surface area contributed by atoms with Gasteiger partial charge in [-0.3, -0.25) is 14.2 Å². The number of alkyl halides is 6. The summed E-state index contributed by atoms with van der Waals surface area (Å²) in [6, 6.07) is 14.2. The molecule has 13 heteroatoms. The molecule has 0 unspecified atom stereocenters. The van der Waals surface area contributed by atoms with Gasteiger partial charge in [0.05, 0.1) is 30.4 Å². The molecule has 5 aromatic rings. The quantitative estimate of drug-likeness (QED) is 0.288. The fourth-order valence-electron chi connectivity index (χ4n) is 4.35. The molecule has 7 nitrogen and oxygen atoms in total. The number of aromatic nitrogens is 4. The molecule has 5 rings (SSSR count). The minimum Gasteiger partial charge on any atom is -0.350 e. The van der Waals surface area contributed by atoms with Crippen LogP contribution in [0.25, 0.3) is 21.8 Å². The summed E-state index contributed by atoms with van der Waals surface area (Å²) in [7, 11) is 0. The summed E-state index contributed by atoms with van der Waals surface area (Å²) in [6.07, 6.45) is -7.47. The number of carbonyl (C=O) groups is 1. The molecule has 206 valence electrons. The van der Waals surface area contributed by atoms with E-state index in [1.165, 1.54) is 21.8 Å². The lowest BCUT2D eigenvalue weighted by Gasteiger charge is -2.14. The first-order chi connectivity index (χ1) is 18.9. The highest BCUT2D eigenvalue weighted by Gasteiger charge is 2.37. The molecule has 3 aromatic carbocycles. The number of carbonyl (C=O) groups excluding carboxylic acids is 1. The van der Waals surface area contributed by atoms with Crippen molar-refractivity contribution < 1.29 is 31.1 Å². The normalized spacial score (nSPS) is 12.2. The molecule has 0 radical (unpaired) electrons. The van der Waals surface area contributed by atoms with Crippen molar-refractivity contribution in [3.63, 3.8) is 0 Å². The van der Waals surface area contributed by atoms with Crippen LogP contribution >= 0.6 is 0 Å². The second-order valence-electron chi connectivity index (χ2n) is 8.97. The van der Waals surface area contributed by atoms with Gasteiger partial charge in [0.25, 0.3) is 11.5 Å². The Morgan fingerprint density at radius 3 is 2.25 bits per heavy atom. The molecule has 1 N–H and O–H groups in total. The number of nitrogens with zero attached hydrogens (tertiary/aromatic N) is 4. The van der Waals surface area contributed by atoms with Gasteiger partial charge < -0.3 is 5.32 Å². The van der Waals surface area contributed by atoms with E-state index < -0.39 is 35.0 Å². The Balaban J connectivity index is 1.32. The molecule has 40 heavy (non-hydrogen) atoms. The van der Waals surface area contributed by atoms with Crippen LogP contribution in [-0.4, -0.2) is 31.8 Å². The fraction of sp³-hybridized carbons (Fsp3) is 0.185. The fourth-order valence-corrected chi connectivity index (χ4v) is 4.35. The molecule has 0 saturated carbocycles. The molecule has 0 bridgehead atoms. The summed E-state index contributed by atoms with van der Waals surface area (Å²) in [5.41, 5.74) is -3.19. The standard InChI is InChI=1S/C27H19F6N5O2/c28-26(29,30)19-10-18(11-20(12-19)27(31,32)33)24(39)34-8-9-38-23-22(13-36-38)25(40)37(15-35-23)14-17-6-3-5-16-4-1-2-7-21(16)17/h1-7,10-13,15H,8-9,14H2,(H,34,39). The van der Waals surface area contributed by atoms with Crippen LogP contribution in [0.1, 0.15) is 27.0 Å². The lowest BCUT2D eigenvalue weighted by Crippen LogP contribution is -2.28. The van der Waals surface area contributed by atoms with Crippen molar-refractivity contribution in [2.75, 3.05) is 6.54 Å². The molecule has 0 aliphatic carbocycles. The lowest BCUT2D eigenvalue weighted by molar-refractivity contribution is -0.143. The Morgan fingerprint density at radius 1 is 0.875 bits per heavy atom. The molecular formula is C27H19F6N5O2. The van der Waals surface area contributed by atoms with Crippen molar-refractivity contribution in [1.29, 1.82) is 0 Å². The van der Waals surface area contributed by atoms with Gasteiger partial charge >= 0.3 is 12.4 Å². The average Bonchev–Trinajstić information content (AvgIpc) is 3.33. The zero-order valence-corrected chi connectivity index (χ0v) is 20.4. The van der Waals surface area contributed by atoms with E-state index in [0.29, 0.717) is 12.1 Å². The van der Waals surface area contributed by atoms with Crippen LogP contribution in [0.2, 0.25) is 0 Å². The van der Waals surface area contributed by atoms with Gasteiger partial charge in [-0.15, -0.1) is 0 Å². The maximum Gasteiger partial charge on any atom is 0.416 e. The molecule has 0 saturated heterocycles. The van der Waals surface area contributed by atoms with Gasteiger partial charge in [0.15, 0.2) is 5.65 Å². The topological polar surface area (TPSA) is 81.8 Å². The van der Waals surface area contributed by atoms with Crippen LogP contribution in [0, 0.1) is 0 Å². The van der Waals surface area contributed by atoms with E-state index in [1.54, 1.807) is 0 Å². The van der Waals surface area contributed by atoms with Crippen LogP contribution in [0.4, 0.5) is 26.3 Å². The zero-order chi connectivity index (χ0) is 28.7. The Kier molecular flexibility index (Phi) is 6.82. The number of benzene rings is 3. The highest BCUT2D eigenvalue weighted by molar-refractivity contribution is 5.94. The molecule has 0 atom stereocenters. The minimum absolute atomic E-state index is 0.0416. The smallest absolute Gasteiger partial charge is 0.350 e. The predicted octanol–water partition coefficient (Wildman–Crippen LogP) is 5.26. The van der Waals surface area contributed by atoms with Crippen LogP contribution in [0.3, 0.4) is 0 Å². The summed E-state index contributed by atoms with van der Waals surface area (Å²) in [6.45, 7) is 0.0232. The maximum atomic E-state index is 13.1. The largest absolute Gasteiger partial charge is 0.416 e. The zero-order valence-electron chi connectivity index (χ0n) is 20.4. The number of halogens is 6. The summed E-state index contributed by atoms with van der Waals surface area (Å²) in [5, 5.41) is 8.62. The average molecular weight is 559 g/mol. The molecule has 1 amide bonds. The number of fused-ring (bicyclic) bond motifs is 2. The predicted molar refractivity (Wildman–Crippen MR) is 134 cm³/mol. The van der Waals surface area contributed by atoms with Crippen LogP contribution in [0.15, 0.2) is 78.0 Å². The number of hydrogen-bond donors (Lipinski definition) is 1. The van der Waals surface area contributed by atoms with Crippen molar-refractivity contribution in [3.8, 4) is 0 Å². The van der Waals surface area contributed by atoms with Crippen LogP contribution < -0.4 is 10.9 Å². The Morgan fingerprint density at radius 2 is 1.55 bits per heavy atom. The maximum absolute atomic E-state index is 13.1. The second-order valence-corrected chi connectivity index (χ2v) is 8.97. The van der Waals surface area contributed by atoms with Crippen LogP contribution in [0.5, 0.6) is 0 Å².